The van der Waals surface area contributed by atoms with Gasteiger partial charge in [-0.05, 0) is 18.9 Å². The molecule has 0 radical (unpaired) electrons. The van der Waals surface area contributed by atoms with Crippen LogP contribution in [0.5, 0.6) is 0 Å². The Hall–Kier alpha value is -2.61. The SMILES string of the molecule is CC.CCC(c1ccc(C(F)F)cc1)n1nc(CO)c(C=O)c1NC(C)=NC. The quantitative estimate of drug-likeness (QED) is 0.408. The molecule has 0 bridgehead atoms. The molecule has 0 amide bonds. The highest BCUT2D eigenvalue weighted by Crippen LogP contribution is 2.30. The molecule has 2 aromatic rings. The van der Waals surface area contributed by atoms with Crippen LogP contribution in [0.2, 0.25) is 0 Å². The second-order valence-electron chi connectivity index (χ2n) is 5.75. The largest absolute Gasteiger partial charge is 0.390 e. The average Bonchev–Trinajstić information content (AvgIpc) is 3.07. The maximum Gasteiger partial charge on any atom is 0.263 e. The van der Waals surface area contributed by atoms with E-state index in [0.717, 1.165) is 5.56 Å². The number of aromatic nitrogens is 2. The lowest BCUT2D eigenvalue weighted by Crippen LogP contribution is -2.18. The summed E-state index contributed by atoms with van der Waals surface area (Å²) in [4.78, 5) is 15.6. The number of hydrogen-bond acceptors (Lipinski definition) is 4. The Kier molecular flexibility index (Phi) is 9.44. The number of aliphatic hydroxyl groups is 1. The Morgan fingerprint density at radius 1 is 1.29 bits per heavy atom. The molecule has 0 aliphatic rings. The third-order valence-corrected chi connectivity index (χ3v) is 4.18. The molecular formula is C20H28F2N4O2. The van der Waals surface area contributed by atoms with Gasteiger partial charge in [0.2, 0.25) is 0 Å². The zero-order valence-corrected chi connectivity index (χ0v) is 16.9. The Morgan fingerprint density at radius 2 is 1.86 bits per heavy atom. The van der Waals surface area contributed by atoms with Crippen LogP contribution in [-0.2, 0) is 6.61 Å². The van der Waals surface area contributed by atoms with E-state index in [4.69, 9.17) is 0 Å². The van der Waals surface area contributed by atoms with Crippen LogP contribution in [0.4, 0.5) is 14.6 Å². The van der Waals surface area contributed by atoms with Gasteiger partial charge in [-0.2, -0.15) is 5.10 Å². The molecule has 6 nitrogen and oxygen atoms in total. The van der Waals surface area contributed by atoms with E-state index >= 15 is 0 Å². The first-order valence-corrected chi connectivity index (χ1v) is 9.22. The molecular weight excluding hydrogens is 366 g/mol. The van der Waals surface area contributed by atoms with Crippen LogP contribution in [-0.4, -0.2) is 34.1 Å². The fourth-order valence-corrected chi connectivity index (χ4v) is 2.73. The molecule has 1 aromatic heterocycles. The van der Waals surface area contributed by atoms with Crippen molar-refractivity contribution in [3.05, 3.63) is 46.6 Å². The standard InChI is InChI=1S/C18H22F2N4O2.C2H6/c1-4-16(12-5-7-13(8-6-12)17(19)20)24-18(22-11(2)21-3)14(9-25)15(10-26)23-24;1-2/h5-9,16-17,26H,4,10H2,1-3H3,(H,21,22);1-2H3. The molecule has 0 fully saturated rings. The van der Waals surface area contributed by atoms with Gasteiger partial charge in [0, 0.05) is 12.6 Å². The van der Waals surface area contributed by atoms with E-state index in [1.807, 2.05) is 20.8 Å². The Morgan fingerprint density at radius 3 is 2.29 bits per heavy atom. The summed E-state index contributed by atoms with van der Waals surface area (Å²) < 4.78 is 27.2. The molecule has 0 saturated carbocycles. The second-order valence-corrected chi connectivity index (χ2v) is 5.75. The molecule has 1 atom stereocenters. The summed E-state index contributed by atoms with van der Waals surface area (Å²) >= 11 is 0. The van der Waals surface area contributed by atoms with Gasteiger partial charge in [0.1, 0.15) is 11.5 Å². The summed E-state index contributed by atoms with van der Waals surface area (Å²) in [5.41, 5.74) is 1.21. The van der Waals surface area contributed by atoms with Crippen molar-refractivity contribution in [1.29, 1.82) is 0 Å². The molecule has 28 heavy (non-hydrogen) atoms. The van der Waals surface area contributed by atoms with Crippen molar-refractivity contribution in [2.24, 2.45) is 4.99 Å². The molecule has 1 unspecified atom stereocenters. The number of carbonyl (C=O) groups excluding carboxylic acids is 1. The predicted octanol–water partition coefficient (Wildman–Crippen LogP) is 4.61. The smallest absolute Gasteiger partial charge is 0.263 e. The molecule has 1 heterocycles. The Bertz CT molecular complexity index is 786. The van der Waals surface area contributed by atoms with Crippen molar-refractivity contribution in [2.45, 2.75) is 53.2 Å². The first-order valence-electron chi connectivity index (χ1n) is 9.22. The molecule has 1 aromatic carbocycles. The van der Waals surface area contributed by atoms with E-state index in [1.54, 1.807) is 30.8 Å². The first kappa shape index (κ1) is 23.4. The number of hydrogen-bond donors (Lipinski definition) is 2. The van der Waals surface area contributed by atoms with Gasteiger partial charge in [-0.15, -0.1) is 0 Å². The molecule has 0 spiro atoms. The zero-order valence-electron chi connectivity index (χ0n) is 16.9. The number of rotatable bonds is 7. The van der Waals surface area contributed by atoms with Crippen molar-refractivity contribution in [1.82, 2.24) is 9.78 Å². The van der Waals surface area contributed by atoms with E-state index in [0.29, 0.717) is 24.4 Å². The van der Waals surface area contributed by atoms with Gasteiger partial charge in [0.25, 0.3) is 6.43 Å². The summed E-state index contributed by atoms with van der Waals surface area (Å²) in [6.45, 7) is 7.28. The van der Waals surface area contributed by atoms with E-state index in [9.17, 15) is 18.7 Å². The van der Waals surface area contributed by atoms with Gasteiger partial charge in [0.05, 0.1) is 24.0 Å². The normalized spacial score (nSPS) is 12.4. The average molecular weight is 394 g/mol. The summed E-state index contributed by atoms with van der Waals surface area (Å²) in [6.07, 6.45) is -1.29. The lowest BCUT2D eigenvalue weighted by molar-refractivity contribution is 0.112. The fourth-order valence-electron chi connectivity index (χ4n) is 2.73. The van der Waals surface area contributed by atoms with Crippen LogP contribution in [0.25, 0.3) is 0 Å². The van der Waals surface area contributed by atoms with E-state index in [1.165, 1.54) is 12.1 Å². The summed E-state index contributed by atoms with van der Waals surface area (Å²) in [7, 11) is 1.61. The number of nitrogens with zero attached hydrogens (tertiary/aromatic N) is 3. The van der Waals surface area contributed by atoms with Crippen LogP contribution in [0.1, 0.15) is 73.8 Å². The number of benzene rings is 1. The van der Waals surface area contributed by atoms with Crippen LogP contribution in [0, 0.1) is 0 Å². The number of anilines is 1. The number of nitrogens with one attached hydrogen (secondary N) is 1. The number of alkyl halides is 2. The fraction of sp³-hybridized carbons (Fsp3) is 0.450. The monoisotopic (exact) mass is 394 g/mol. The minimum atomic E-state index is -2.53. The summed E-state index contributed by atoms with van der Waals surface area (Å²) in [5, 5.41) is 16.9. The third kappa shape index (κ3) is 5.22. The number of carbonyl (C=O) groups is 1. The van der Waals surface area contributed by atoms with Gasteiger partial charge in [-0.1, -0.05) is 45.0 Å². The van der Waals surface area contributed by atoms with Gasteiger partial charge < -0.3 is 10.4 Å². The molecule has 154 valence electrons. The lowest BCUT2D eigenvalue weighted by Gasteiger charge is -2.20. The van der Waals surface area contributed by atoms with Crippen molar-refractivity contribution in [3.8, 4) is 0 Å². The van der Waals surface area contributed by atoms with Gasteiger partial charge >= 0.3 is 0 Å². The van der Waals surface area contributed by atoms with Crippen molar-refractivity contribution < 1.29 is 18.7 Å². The highest BCUT2D eigenvalue weighted by molar-refractivity contribution is 5.97. The van der Waals surface area contributed by atoms with Crippen LogP contribution < -0.4 is 5.32 Å². The van der Waals surface area contributed by atoms with Crippen LogP contribution in [0.15, 0.2) is 29.3 Å². The minimum Gasteiger partial charge on any atom is -0.390 e. The van der Waals surface area contributed by atoms with Gasteiger partial charge in [-0.3, -0.25) is 9.79 Å². The van der Waals surface area contributed by atoms with Crippen molar-refractivity contribution >= 4 is 17.9 Å². The van der Waals surface area contributed by atoms with Gasteiger partial charge in [-0.25, -0.2) is 13.5 Å². The van der Waals surface area contributed by atoms with E-state index < -0.39 is 13.0 Å². The van der Waals surface area contributed by atoms with Crippen molar-refractivity contribution in [3.63, 3.8) is 0 Å². The maximum absolute atomic E-state index is 12.8. The molecule has 2 rings (SSSR count). The number of aliphatic imine (C=N–C) groups is 1. The van der Waals surface area contributed by atoms with Crippen LogP contribution in [0.3, 0.4) is 0 Å². The molecule has 2 N–H and O–H groups in total. The van der Waals surface area contributed by atoms with Crippen LogP contribution >= 0.6 is 0 Å². The number of aliphatic hydroxyl groups excluding tert-OH is 1. The highest BCUT2D eigenvalue weighted by Gasteiger charge is 2.23. The highest BCUT2D eigenvalue weighted by atomic mass is 19.3. The summed E-state index contributed by atoms with van der Waals surface area (Å²) in [5.74, 6) is 0.985. The molecule has 0 saturated heterocycles. The summed E-state index contributed by atoms with van der Waals surface area (Å²) in [6, 6.07) is 5.72. The predicted molar refractivity (Wildman–Crippen MR) is 107 cm³/mol. The third-order valence-electron chi connectivity index (χ3n) is 4.18. The number of amidine groups is 1. The minimum absolute atomic E-state index is 0.0546. The number of halogens is 2. The number of aldehydes is 1. The Balaban J connectivity index is 0.00000190. The lowest BCUT2D eigenvalue weighted by atomic mass is 10.0. The first-order chi connectivity index (χ1) is 13.5. The molecule has 8 heteroatoms. The van der Waals surface area contributed by atoms with Gasteiger partial charge in [0.15, 0.2) is 6.29 Å². The maximum atomic E-state index is 12.8. The van der Waals surface area contributed by atoms with E-state index in [-0.39, 0.29) is 22.9 Å². The topological polar surface area (TPSA) is 79.5 Å². The second kappa shape index (κ2) is 11.3. The molecule has 0 aliphatic heterocycles. The zero-order chi connectivity index (χ0) is 21.3. The van der Waals surface area contributed by atoms with Crippen molar-refractivity contribution in [2.75, 3.05) is 12.4 Å². The Labute approximate surface area is 164 Å². The van der Waals surface area contributed by atoms with E-state index in [2.05, 4.69) is 15.4 Å². The molecule has 0 aliphatic carbocycles.